The number of aromatic amines is 1. The van der Waals surface area contributed by atoms with E-state index >= 15 is 0 Å². The highest BCUT2D eigenvalue weighted by atomic mass is 32.7. The maximum atomic E-state index is 13.0. The largest absolute Gasteiger partial charge is 0.497 e. The van der Waals surface area contributed by atoms with Gasteiger partial charge in [-0.1, -0.05) is 108 Å². The fourth-order valence-corrected chi connectivity index (χ4v) is 13.7. The number of H-pyrrole nitrogens is 1. The van der Waals surface area contributed by atoms with Crippen molar-refractivity contribution in [3.05, 3.63) is 148 Å². The number of benzene rings is 4. The summed E-state index contributed by atoms with van der Waals surface area (Å²) in [5, 5.41) is 0.0449. The fourth-order valence-electron chi connectivity index (χ4n) is 8.36. The normalized spacial score (nSPS) is 21.7. The van der Waals surface area contributed by atoms with E-state index in [0.717, 1.165) is 42.6 Å². The van der Waals surface area contributed by atoms with Crippen molar-refractivity contribution in [3.63, 3.8) is 0 Å². The highest BCUT2D eigenvalue weighted by Gasteiger charge is 2.65. The third kappa shape index (κ3) is 8.26. The summed E-state index contributed by atoms with van der Waals surface area (Å²) in [6.45, 7) is 2.00. The van der Waals surface area contributed by atoms with Gasteiger partial charge in [0.1, 0.15) is 34.9 Å². The van der Waals surface area contributed by atoms with Gasteiger partial charge in [-0.05, 0) is 53.8 Å². The van der Waals surface area contributed by atoms with Gasteiger partial charge in [0.05, 0.1) is 33.8 Å². The molecule has 4 aromatic carbocycles. The topological polar surface area (TPSA) is 165 Å². The summed E-state index contributed by atoms with van der Waals surface area (Å²) >= 11 is 3.04. The summed E-state index contributed by atoms with van der Waals surface area (Å²) in [6.07, 6.45) is 1.62. The van der Waals surface area contributed by atoms with Crippen LogP contribution in [0.1, 0.15) is 46.1 Å². The van der Waals surface area contributed by atoms with Gasteiger partial charge in [-0.2, -0.15) is 4.98 Å². The second-order valence-electron chi connectivity index (χ2n) is 15.2. The van der Waals surface area contributed by atoms with Crippen LogP contribution in [-0.4, -0.2) is 99.1 Å². The highest BCUT2D eigenvalue weighted by Crippen LogP contribution is 2.61. The molecule has 17 heteroatoms. The number of methoxy groups -OCH3 is 2. The van der Waals surface area contributed by atoms with E-state index in [1.54, 1.807) is 30.2 Å². The van der Waals surface area contributed by atoms with Gasteiger partial charge >= 0.3 is 0 Å². The number of aromatic nitrogens is 4. The SMILES string of the molecule is COc1ccc(C(OC[C@]23COC(C2OP(SCCSC(=O)c2ccccc2)N2CCCC2)[C@H](n2cnc4c(=O)[nH]c(N)nc42)O3)(c2ccccc2)c2ccc(OC)cc2)cc1. The lowest BCUT2D eigenvalue weighted by Crippen LogP contribution is -2.49. The summed E-state index contributed by atoms with van der Waals surface area (Å²) < 4.78 is 44.0. The van der Waals surface area contributed by atoms with Crippen LogP contribution in [-0.2, 0) is 24.3 Å². The fraction of sp³-hybridized carbons (Fsp3) is 0.333. The minimum Gasteiger partial charge on any atom is -0.497 e. The minimum absolute atomic E-state index is 0.0374. The van der Waals surface area contributed by atoms with Gasteiger partial charge in [-0.3, -0.25) is 23.8 Å². The maximum absolute atomic E-state index is 13.0. The van der Waals surface area contributed by atoms with E-state index in [2.05, 4.69) is 31.8 Å². The zero-order chi connectivity index (χ0) is 42.7. The van der Waals surface area contributed by atoms with Crippen LogP contribution in [0, 0.1) is 0 Å². The number of hydrogen-bond acceptors (Lipinski definition) is 14. The number of nitrogens with two attached hydrogens (primary N) is 1. The molecule has 3 saturated heterocycles. The van der Waals surface area contributed by atoms with Crippen LogP contribution in [0.3, 0.4) is 0 Å². The summed E-state index contributed by atoms with van der Waals surface area (Å²) in [4.78, 5) is 37.3. The summed E-state index contributed by atoms with van der Waals surface area (Å²) in [6, 6.07) is 35.2. The molecule has 322 valence electrons. The van der Waals surface area contributed by atoms with Gasteiger partial charge in [-0.25, -0.2) is 4.98 Å². The first kappa shape index (κ1) is 42.5. The van der Waals surface area contributed by atoms with Crippen molar-refractivity contribution in [1.82, 2.24) is 24.2 Å². The van der Waals surface area contributed by atoms with Crippen LogP contribution in [0.5, 0.6) is 11.5 Å². The van der Waals surface area contributed by atoms with Crippen LogP contribution >= 0.6 is 30.6 Å². The van der Waals surface area contributed by atoms with E-state index in [1.165, 1.54) is 18.1 Å². The van der Waals surface area contributed by atoms with Crippen molar-refractivity contribution in [1.29, 1.82) is 0 Å². The first-order chi connectivity index (χ1) is 30.3. The number of fused-ring (bicyclic) bond motifs is 3. The number of imidazole rings is 1. The number of hydrogen-bond donors (Lipinski definition) is 2. The van der Waals surface area contributed by atoms with Gasteiger partial charge < -0.3 is 33.9 Å². The van der Waals surface area contributed by atoms with Gasteiger partial charge in [0.2, 0.25) is 11.1 Å². The molecule has 2 aromatic heterocycles. The van der Waals surface area contributed by atoms with Crippen molar-refractivity contribution in [2.24, 2.45) is 0 Å². The Morgan fingerprint density at radius 2 is 1.53 bits per heavy atom. The molecule has 6 aromatic rings. The Bertz CT molecular complexity index is 2480. The van der Waals surface area contributed by atoms with E-state index < -0.39 is 42.7 Å². The molecule has 3 fully saturated rings. The monoisotopic (exact) mass is 894 g/mol. The van der Waals surface area contributed by atoms with E-state index in [4.69, 9.17) is 33.9 Å². The summed E-state index contributed by atoms with van der Waals surface area (Å²) in [7, 11) is 2.05. The van der Waals surface area contributed by atoms with E-state index in [1.807, 2.05) is 97.1 Å². The molecule has 3 aliphatic rings. The molecule has 5 atom stereocenters. The Labute approximate surface area is 368 Å². The molecule has 5 heterocycles. The van der Waals surface area contributed by atoms with E-state index in [-0.39, 0.29) is 35.4 Å². The number of carbonyl (C=O) groups is 1. The van der Waals surface area contributed by atoms with E-state index in [0.29, 0.717) is 28.6 Å². The smallest absolute Gasteiger partial charge is 0.280 e. The molecule has 3 N–H and O–H groups in total. The lowest BCUT2D eigenvalue weighted by Gasteiger charge is -2.40. The van der Waals surface area contributed by atoms with Gasteiger partial charge in [-0.15, -0.1) is 0 Å². The first-order valence-corrected chi connectivity index (χ1v) is 24.2. The highest BCUT2D eigenvalue weighted by molar-refractivity contribution is 8.53. The molecular formula is C45H47N6O8PS2. The van der Waals surface area contributed by atoms with Crippen molar-refractivity contribution >= 4 is 52.9 Å². The summed E-state index contributed by atoms with van der Waals surface area (Å²) in [5.41, 5.74) is 7.02. The van der Waals surface area contributed by atoms with Gasteiger partial charge in [0, 0.05) is 30.2 Å². The van der Waals surface area contributed by atoms with Gasteiger partial charge in [0.15, 0.2) is 24.9 Å². The van der Waals surface area contributed by atoms with E-state index in [9.17, 15) is 9.59 Å². The first-order valence-electron chi connectivity index (χ1n) is 20.4. The van der Waals surface area contributed by atoms with Crippen LogP contribution < -0.4 is 20.8 Å². The molecule has 0 aliphatic carbocycles. The average Bonchev–Trinajstić information content (AvgIpc) is 4.13. The van der Waals surface area contributed by atoms with Crippen molar-refractivity contribution in [2.45, 2.75) is 42.5 Å². The molecule has 9 rings (SSSR count). The van der Waals surface area contributed by atoms with Crippen LogP contribution in [0.15, 0.2) is 120 Å². The number of ether oxygens (including phenoxy) is 5. The number of nitrogens with one attached hydrogen (secondary N) is 1. The third-order valence-electron chi connectivity index (χ3n) is 11.4. The Kier molecular flexibility index (Phi) is 12.7. The molecule has 0 radical (unpaired) electrons. The molecule has 14 nitrogen and oxygen atoms in total. The number of carbonyl (C=O) groups excluding carboxylic acids is 1. The Balaban J connectivity index is 1.09. The number of thioether (sulfide) groups is 1. The van der Waals surface area contributed by atoms with Crippen LogP contribution in [0.25, 0.3) is 11.2 Å². The van der Waals surface area contributed by atoms with Crippen molar-refractivity contribution in [2.75, 3.05) is 57.8 Å². The molecule has 3 unspecified atom stereocenters. The average molecular weight is 895 g/mol. The van der Waals surface area contributed by atoms with Gasteiger partial charge in [0.25, 0.3) is 5.56 Å². The number of anilines is 1. The van der Waals surface area contributed by atoms with Crippen molar-refractivity contribution in [3.8, 4) is 11.5 Å². The Hall–Kier alpha value is -4.77. The van der Waals surface area contributed by atoms with Crippen LogP contribution in [0.2, 0.25) is 0 Å². The Morgan fingerprint density at radius 1 is 0.903 bits per heavy atom. The molecule has 62 heavy (non-hydrogen) atoms. The lowest BCUT2D eigenvalue weighted by molar-refractivity contribution is -0.201. The summed E-state index contributed by atoms with van der Waals surface area (Å²) in [5.74, 6) is 2.70. The zero-order valence-electron chi connectivity index (χ0n) is 34.3. The predicted octanol–water partition coefficient (Wildman–Crippen LogP) is 7.41. The number of nitrogen functional groups attached to an aromatic ring is 1. The number of rotatable bonds is 17. The van der Waals surface area contributed by atoms with Crippen molar-refractivity contribution < 1.29 is 33.0 Å². The third-order valence-corrected chi connectivity index (χ3v) is 16.7. The molecule has 3 aliphatic heterocycles. The molecule has 0 saturated carbocycles. The molecular weight excluding hydrogens is 848 g/mol. The second kappa shape index (κ2) is 18.5. The minimum atomic E-state index is -1.24. The Morgan fingerprint density at radius 3 is 2.18 bits per heavy atom. The maximum Gasteiger partial charge on any atom is 0.280 e. The second-order valence-corrected chi connectivity index (χ2v) is 19.9. The molecule has 0 amide bonds. The zero-order valence-corrected chi connectivity index (χ0v) is 36.8. The lowest BCUT2D eigenvalue weighted by atomic mass is 9.79. The quantitative estimate of drug-likeness (QED) is 0.0528. The number of nitrogens with zero attached hydrogens (tertiary/aromatic N) is 4. The molecule has 2 bridgehead atoms. The standard InChI is InChI=1S/C45H47N6O8PS2/c1-54-34-19-15-32(16-20-34)45(31-13-7-4-8-14-31,33-17-21-35(55-2)22-18-33)57-28-44-27-56-37(41(58-44)51-29-47-36-39(51)48-43(46)49-40(36)52)38(44)59-60(50-23-9-10-24-50)62-26-25-61-42(53)30-11-5-3-6-12-30/h3-8,11-22,29,37-38,41H,9-10,23-28H2,1-2H3,(H3,46,48,49,52)/t37?,38?,41-,44-,60?/m1/s1. The predicted molar refractivity (Wildman–Crippen MR) is 242 cm³/mol. The van der Waals surface area contributed by atoms with Crippen LogP contribution in [0.4, 0.5) is 5.95 Å². The molecule has 0 spiro atoms.